The zero-order valence-corrected chi connectivity index (χ0v) is 7.73. The van der Waals surface area contributed by atoms with Gasteiger partial charge in [0.15, 0.2) is 5.92 Å². The number of carboxylic acids is 2. The number of aliphatic carboxylic acids is 2. The number of hydrogen-bond acceptors (Lipinski definition) is 2. The lowest BCUT2D eigenvalue weighted by Gasteiger charge is -2.08. The van der Waals surface area contributed by atoms with E-state index in [1.807, 2.05) is 0 Å². The van der Waals surface area contributed by atoms with E-state index in [0.717, 1.165) is 0 Å². The molecule has 0 saturated carbocycles. The molecule has 0 bridgehead atoms. The summed E-state index contributed by atoms with van der Waals surface area (Å²) in [5.41, 5.74) is 0.0918. The Bertz CT molecular complexity index is 361. The van der Waals surface area contributed by atoms with E-state index in [2.05, 4.69) is 0 Å². The van der Waals surface area contributed by atoms with Crippen LogP contribution in [0.2, 0.25) is 5.02 Å². The van der Waals surface area contributed by atoms with Crippen LogP contribution in [0.1, 0.15) is 11.5 Å². The summed E-state index contributed by atoms with van der Waals surface area (Å²) in [7, 11) is 0. The van der Waals surface area contributed by atoms with Crippen LogP contribution in [0.3, 0.4) is 0 Å². The van der Waals surface area contributed by atoms with Crippen LogP contribution in [0, 0.1) is 0 Å². The zero-order valence-electron chi connectivity index (χ0n) is 6.98. The molecule has 0 amide bonds. The minimum Gasteiger partial charge on any atom is -0.480 e. The predicted molar refractivity (Wildman–Crippen MR) is 49.5 cm³/mol. The molecule has 0 atom stereocenters. The third kappa shape index (κ3) is 2.03. The van der Waals surface area contributed by atoms with Crippen LogP contribution in [-0.2, 0) is 9.59 Å². The average molecular weight is 215 g/mol. The van der Waals surface area contributed by atoms with Gasteiger partial charge in [0, 0.05) is 5.02 Å². The number of carbonyl (C=O) groups is 2. The van der Waals surface area contributed by atoms with Crippen LogP contribution in [0.5, 0.6) is 0 Å². The molecule has 74 valence electrons. The number of carboxylic acid groups (broad SMARTS) is 2. The molecule has 0 aliphatic carbocycles. The molecule has 0 spiro atoms. The summed E-state index contributed by atoms with van der Waals surface area (Å²) in [6.45, 7) is 0. The van der Waals surface area contributed by atoms with E-state index in [1.54, 1.807) is 12.1 Å². The standard InChI is InChI=1S/C9H7ClO4/c10-6-4-2-1-3-5(6)7(8(11)12)9(13)14/h1-4,7H,(H,11,12)(H,13,14). The van der Waals surface area contributed by atoms with Crippen LogP contribution in [0.15, 0.2) is 24.3 Å². The minimum absolute atomic E-state index is 0.0918. The van der Waals surface area contributed by atoms with Gasteiger partial charge in [0.2, 0.25) is 0 Å². The fourth-order valence-corrected chi connectivity index (χ4v) is 1.33. The SMILES string of the molecule is O=C(O)C(C(=O)O)c1ccccc1Cl. The minimum atomic E-state index is -1.61. The Morgan fingerprint density at radius 1 is 1.14 bits per heavy atom. The van der Waals surface area contributed by atoms with Crippen molar-refractivity contribution >= 4 is 23.5 Å². The van der Waals surface area contributed by atoms with Gasteiger partial charge in [-0.2, -0.15) is 0 Å². The highest BCUT2D eigenvalue weighted by molar-refractivity contribution is 6.32. The van der Waals surface area contributed by atoms with Gasteiger partial charge in [-0.05, 0) is 11.6 Å². The zero-order chi connectivity index (χ0) is 10.7. The maximum Gasteiger partial charge on any atom is 0.322 e. The van der Waals surface area contributed by atoms with Gasteiger partial charge in [-0.15, -0.1) is 0 Å². The highest BCUT2D eigenvalue weighted by atomic mass is 35.5. The Hall–Kier alpha value is -1.55. The molecule has 0 aliphatic heterocycles. The molecule has 0 fully saturated rings. The average Bonchev–Trinajstić information content (AvgIpc) is 2.07. The largest absolute Gasteiger partial charge is 0.480 e. The van der Waals surface area contributed by atoms with Crippen molar-refractivity contribution in [3.8, 4) is 0 Å². The molecule has 14 heavy (non-hydrogen) atoms. The van der Waals surface area contributed by atoms with Crippen molar-refractivity contribution in [3.63, 3.8) is 0 Å². The lowest BCUT2D eigenvalue weighted by molar-refractivity contribution is -0.150. The first-order valence-electron chi connectivity index (χ1n) is 3.74. The molecule has 0 unspecified atom stereocenters. The van der Waals surface area contributed by atoms with E-state index in [4.69, 9.17) is 21.8 Å². The third-order valence-corrected chi connectivity index (χ3v) is 2.05. The summed E-state index contributed by atoms with van der Waals surface area (Å²) < 4.78 is 0. The van der Waals surface area contributed by atoms with E-state index in [1.165, 1.54) is 12.1 Å². The third-order valence-electron chi connectivity index (χ3n) is 1.71. The molecule has 2 N–H and O–H groups in total. The van der Waals surface area contributed by atoms with Crippen LogP contribution in [0.4, 0.5) is 0 Å². The summed E-state index contributed by atoms with van der Waals surface area (Å²) in [6.07, 6.45) is 0. The van der Waals surface area contributed by atoms with Crippen LogP contribution < -0.4 is 0 Å². The normalized spacial score (nSPS) is 10.1. The molecule has 5 heteroatoms. The van der Waals surface area contributed by atoms with Crippen molar-refractivity contribution < 1.29 is 19.8 Å². The molecule has 0 heterocycles. The topological polar surface area (TPSA) is 74.6 Å². The fourth-order valence-electron chi connectivity index (χ4n) is 1.08. The van der Waals surface area contributed by atoms with Gasteiger partial charge in [0.25, 0.3) is 0 Å². The Morgan fingerprint density at radius 2 is 1.64 bits per heavy atom. The number of benzene rings is 1. The molecular weight excluding hydrogens is 208 g/mol. The molecular formula is C9H7ClO4. The van der Waals surface area contributed by atoms with Crippen molar-refractivity contribution in [2.45, 2.75) is 5.92 Å². The predicted octanol–water partition coefficient (Wildman–Crippen LogP) is 1.59. The van der Waals surface area contributed by atoms with Crippen LogP contribution in [-0.4, -0.2) is 22.2 Å². The first-order chi connectivity index (χ1) is 6.54. The first-order valence-corrected chi connectivity index (χ1v) is 4.12. The molecule has 0 radical (unpaired) electrons. The lowest BCUT2D eigenvalue weighted by Crippen LogP contribution is -2.21. The van der Waals surface area contributed by atoms with Gasteiger partial charge in [-0.1, -0.05) is 29.8 Å². The van der Waals surface area contributed by atoms with Gasteiger partial charge in [-0.3, -0.25) is 9.59 Å². The van der Waals surface area contributed by atoms with E-state index >= 15 is 0 Å². The van der Waals surface area contributed by atoms with Gasteiger partial charge < -0.3 is 10.2 Å². The van der Waals surface area contributed by atoms with Crippen molar-refractivity contribution in [2.24, 2.45) is 0 Å². The Morgan fingerprint density at radius 3 is 2.07 bits per heavy atom. The molecule has 1 aromatic rings. The summed E-state index contributed by atoms with van der Waals surface area (Å²) in [5.74, 6) is -4.46. The number of rotatable bonds is 3. The molecule has 0 aromatic heterocycles. The Balaban J connectivity index is 3.18. The van der Waals surface area contributed by atoms with E-state index in [-0.39, 0.29) is 10.6 Å². The quantitative estimate of drug-likeness (QED) is 0.750. The monoisotopic (exact) mass is 214 g/mol. The van der Waals surface area contributed by atoms with Crippen LogP contribution in [0.25, 0.3) is 0 Å². The highest BCUT2D eigenvalue weighted by Crippen LogP contribution is 2.24. The summed E-state index contributed by atoms with van der Waals surface area (Å²) in [4.78, 5) is 21.3. The van der Waals surface area contributed by atoms with Gasteiger partial charge in [0.05, 0.1) is 0 Å². The number of halogens is 1. The van der Waals surface area contributed by atoms with E-state index in [9.17, 15) is 9.59 Å². The number of hydrogen-bond donors (Lipinski definition) is 2. The van der Waals surface area contributed by atoms with Gasteiger partial charge in [0.1, 0.15) is 0 Å². The van der Waals surface area contributed by atoms with Gasteiger partial charge in [-0.25, -0.2) is 0 Å². The van der Waals surface area contributed by atoms with Crippen molar-refractivity contribution in [2.75, 3.05) is 0 Å². The highest BCUT2D eigenvalue weighted by Gasteiger charge is 2.29. The van der Waals surface area contributed by atoms with Crippen molar-refractivity contribution in [1.82, 2.24) is 0 Å². The second-order valence-electron chi connectivity index (χ2n) is 2.63. The molecule has 0 aliphatic rings. The fraction of sp³-hybridized carbons (Fsp3) is 0.111. The van der Waals surface area contributed by atoms with Crippen molar-refractivity contribution in [3.05, 3.63) is 34.9 Å². The molecule has 0 saturated heterocycles. The second kappa shape index (κ2) is 4.11. The lowest BCUT2D eigenvalue weighted by atomic mass is 10.00. The van der Waals surface area contributed by atoms with E-state index in [0.29, 0.717) is 0 Å². The van der Waals surface area contributed by atoms with Crippen LogP contribution >= 0.6 is 11.6 Å². The summed E-state index contributed by atoms with van der Waals surface area (Å²) in [6, 6.07) is 5.98. The summed E-state index contributed by atoms with van der Waals surface area (Å²) >= 11 is 5.68. The first kappa shape index (κ1) is 10.5. The van der Waals surface area contributed by atoms with E-state index < -0.39 is 17.9 Å². The smallest absolute Gasteiger partial charge is 0.322 e. The van der Waals surface area contributed by atoms with Crippen molar-refractivity contribution in [1.29, 1.82) is 0 Å². The Kier molecular flexibility index (Phi) is 3.09. The maximum absolute atomic E-state index is 10.7. The molecule has 1 aromatic carbocycles. The molecule has 1 rings (SSSR count). The second-order valence-corrected chi connectivity index (χ2v) is 3.04. The molecule has 4 nitrogen and oxygen atoms in total. The summed E-state index contributed by atoms with van der Waals surface area (Å²) in [5, 5.41) is 17.5. The maximum atomic E-state index is 10.7. The Labute approximate surface area is 84.7 Å². The van der Waals surface area contributed by atoms with Gasteiger partial charge >= 0.3 is 11.9 Å².